The van der Waals surface area contributed by atoms with Crippen molar-refractivity contribution in [2.24, 2.45) is 10.9 Å². The molecule has 1 aromatic rings. The van der Waals surface area contributed by atoms with Crippen LogP contribution >= 0.6 is 15.9 Å². The molecule has 0 aliphatic heterocycles. The maximum Gasteiger partial charge on any atom is 0.258 e. The summed E-state index contributed by atoms with van der Waals surface area (Å²) >= 11 is 3.17. The average molecular weight is 362 g/mol. The van der Waals surface area contributed by atoms with Gasteiger partial charge in [0.2, 0.25) is 0 Å². The number of nitrogens with two attached hydrogens (primary N) is 1. The zero-order valence-electron chi connectivity index (χ0n) is 11.6. The number of rotatable bonds is 7. The van der Waals surface area contributed by atoms with Crippen molar-refractivity contribution < 1.29 is 19.1 Å². The Morgan fingerprint density at radius 1 is 1.52 bits per heavy atom. The van der Waals surface area contributed by atoms with Gasteiger partial charge in [-0.2, -0.15) is 0 Å². The van der Waals surface area contributed by atoms with Crippen LogP contribution in [0.4, 0.5) is 4.39 Å². The van der Waals surface area contributed by atoms with E-state index in [0.717, 1.165) is 0 Å². The molecule has 0 heterocycles. The van der Waals surface area contributed by atoms with E-state index < -0.39 is 11.7 Å². The number of amides is 1. The van der Waals surface area contributed by atoms with Gasteiger partial charge in [0.1, 0.15) is 11.7 Å². The van der Waals surface area contributed by atoms with E-state index in [1.807, 2.05) is 0 Å². The molecule has 0 saturated heterocycles. The maximum absolute atomic E-state index is 13.9. The van der Waals surface area contributed by atoms with Crippen LogP contribution in [0.2, 0.25) is 0 Å². The van der Waals surface area contributed by atoms with Gasteiger partial charge in [-0.15, -0.1) is 0 Å². The maximum atomic E-state index is 13.9. The molecule has 1 aromatic carbocycles. The van der Waals surface area contributed by atoms with Crippen LogP contribution in [0.3, 0.4) is 0 Å². The van der Waals surface area contributed by atoms with E-state index >= 15 is 0 Å². The molecule has 0 aliphatic rings. The second-order valence-corrected chi connectivity index (χ2v) is 5.08. The second-order valence-electron chi connectivity index (χ2n) is 4.22. The smallest absolute Gasteiger partial charge is 0.258 e. The highest BCUT2D eigenvalue weighted by molar-refractivity contribution is 9.10. The van der Waals surface area contributed by atoms with Crippen LogP contribution in [-0.4, -0.2) is 48.7 Å². The van der Waals surface area contributed by atoms with Crippen molar-refractivity contribution in [1.29, 1.82) is 0 Å². The van der Waals surface area contributed by atoms with E-state index in [1.54, 1.807) is 6.07 Å². The summed E-state index contributed by atoms with van der Waals surface area (Å²) in [5, 5.41) is 11.4. The van der Waals surface area contributed by atoms with Crippen molar-refractivity contribution in [3.05, 3.63) is 34.1 Å². The summed E-state index contributed by atoms with van der Waals surface area (Å²) in [6.45, 7) is 0.766. The molecule has 116 valence electrons. The third kappa shape index (κ3) is 4.98. The summed E-state index contributed by atoms with van der Waals surface area (Å²) < 4.78 is 19.2. The number of ether oxygens (including phenoxy) is 1. The number of hydrogen-bond acceptors (Lipinski definition) is 4. The van der Waals surface area contributed by atoms with Gasteiger partial charge in [0.05, 0.1) is 12.2 Å². The number of nitrogens with zero attached hydrogens (tertiary/aromatic N) is 2. The number of amidine groups is 1. The van der Waals surface area contributed by atoms with Gasteiger partial charge < -0.3 is 20.6 Å². The minimum absolute atomic E-state index is 0.00202. The fourth-order valence-corrected chi connectivity index (χ4v) is 2.19. The Morgan fingerprint density at radius 2 is 2.24 bits per heavy atom. The molecule has 8 heteroatoms. The van der Waals surface area contributed by atoms with Crippen LogP contribution in [0.5, 0.6) is 0 Å². The molecule has 6 nitrogen and oxygen atoms in total. The van der Waals surface area contributed by atoms with Crippen LogP contribution in [-0.2, 0) is 4.74 Å². The molecule has 0 fully saturated rings. The third-order valence-electron chi connectivity index (χ3n) is 2.80. The van der Waals surface area contributed by atoms with Crippen molar-refractivity contribution in [2.75, 3.05) is 26.8 Å². The van der Waals surface area contributed by atoms with Crippen LogP contribution < -0.4 is 5.73 Å². The van der Waals surface area contributed by atoms with Crippen molar-refractivity contribution in [2.45, 2.75) is 6.42 Å². The molecule has 0 atom stereocenters. The predicted molar refractivity (Wildman–Crippen MR) is 79.9 cm³/mol. The molecular weight excluding hydrogens is 345 g/mol. The number of methoxy groups -OCH3 is 1. The van der Waals surface area contributed by atoms with Crippen molar-refractivity contribution in [1.82, 2.24) is 4.90 Å². The lowest BCUT2D eigenvalue weighted by molar-refractivity contribution is 0.0695. The summed E-state index contributed by atoms with van der Waals surface area (Å²) in [6, 6.07) is 4.32. The number of benzene rings is 1. The highest BCUT2D eigenvalue weighted by Gasteiger charge is 2.21. The minimum Gasteiger partial charge on any atom is -0.409 e. The Labute approximate surface area is 130 Å². The predicted octanol–water partition coefficient (Wildman–Crippen LogP) is 1.81. The summed E-state index contributed by atoms with van der Waals surface area (Å²) in [5.41, 5.74) is 5.35. The first-order valence-electron chi connectivity index (χ1n) is 6.19. The number of carbonyl (C=O) groups excluding carboxylic acids is 1. The summed E-state index contributed by atoms with van der Waals surface area (Å²) in [4.78, 5) is 13.8. The standard InChI is InChI=1S/C13H17BrFN3O3/c1-21-8-7-18(6-5-11(16)17-20)13(19)12-9(14)3-2-4-10(12)15/h2-4,20H,5-8H2,1H3,(H2,16,17). The van der Waals surface area contributed by atoms with E-state index in [9.17, 15) is 9.18 Å². The first-order chi connectivity index (χ1) is 10.0. The quantitative estimate of drug-likeness (QED) is 0.335. The van der Waals surface area contributed by atoms with Gasteiger partial charge in [-0.25, -0.2) is 4.39 Å². The Morgan fingerprint density at radius 3 is 2.81 bits per heavy atom. The monoisotopic (exact) mass is 361 g/mol. The minimum atomic E-state index is -0.611. The molecule has 1 amide bonds. The number of halogens is 2. The molecule has 0 unspecified atom stereocenters. The van der Waals surface area contributed by atoms with E-state index in [-0.39, 0.29) is 30.9 Å². The SMILES string of the molecule is COCCN(CC/C(N)=N/O)C(=O)c1c(F)cccc1Br. The number of hydrogen-bond donors (Lipinski definition) is 2. The normalized spacial score (nSPS) is 11.5. The summed E-state index contributed by atoms with van der Waals surface area (Å²) in [6.07, 6.45) is 0.179. The first-order valence-corrected chi connectivity index (χ1v) is 6.99. The van der Waals surface area contributed by atoms with E-state index in [2.05, 4.69) is 21.1 Å². The van der Waals surface area contributed by atoms with Gasteiger partial charge in [0.25, 0.3) is 5.91 Å². The number of oxime groups is 1. The fourth-order valence-electron chi connectivity index (χ4n) is 1.68. The Balaban J connectivity index is 2.93. The van der Waals surface area contributed by atoms with Gasteiger partial charge in [0, 0.05) is 31.1 Å². The zero-order valence-corrected chi connectivity index (χ0v) is 13.1. The van der Waals surface area contributed by atoms with Gasteiger partial charge in [-0.3, -0.25) is 4.79 Å². The zero-order chi connectivity index (χ0) is 15.8. The highest BCUT2D eigenvalue weighted by atomic mass is 79.9. The molecule has 0 bridgehead atoms. The lowest BCUT2D eigenvalue weighted by Gasteiger charge is -2.23. The van der Waals surface area contributed by atoms with Crippen LogP contribution in [0.1, 0.15) is 16.8 Å². The Bertz CT molecular complexity index is 505. The van der Waals surface area contributed by atoms with Crippen molar-refractivity contribution in [3.8, 4) is 0 Å². The number of carbonyl (C=O) groups is 1. The van der Waals surface area contributed by atoms with Gasteiger partial charge in [0.15, 0.2) is 0 Å². The summed E-state index contributed by atoms with van der Waals surface area (Å²) in [7, 11) is 1.51. The van der Waals surface area contributed by atoms with Crippen LogP contribution in [0.15, 0.2) is 27.8 Å². The van der Waals surface area contributed by atoms with Crippen molar-refractivity contribution in [3.63, 3.8) is 0 Å². The van der Waals surface area contributed by atoms with Crippen LogP contribution in [0.25, 0.3) is 0 Å². The molecule has 0 saturated carbocycles. The Hall–Kier alpha value is -1.67. The molecule has 3 N–H and O–H groups in total. The van der Waals surface area contributed by atoms with E-state index in [1.165, 1.54) is 24.1 Å². The molecule has 0 aliphatic carbocycles. The highest BCUT2D eigenvalue weighted by Crippen LogP contribution is 2.21. The van der Waals surface area contributed by atoms with Crippen LogP contribution in [0, 0.1) is 5.82 Å². The largest absolute Gasteiger partial charge is 0.409 e. The molecule has 0 radical (unpaired) electrons. The molecule has 21 heavy (non-hydrogen) atoms. The molecule has 1 rings (SSSR count). The second kappa shape index (κ2) is 8.58. The van der Waals surface area contributed by atoms with Crippen molar-refractivity contribution >= 4 is 27.7 Å². The third-order valence-corrected chi connectivity index (χ3v) is 3.46. The van der Waals surface area contributed by atoms with Gasteiger partial charge in [-0.05, 0) is 28.1 Å². The average Bonchev–Trinajstić information content (AvgIpc) is 2.46. The van der Waals surface area contributed by atoms with E-state index in [4.69, 9.17) is 15.7 Å². The molecule has 0 spiro atoms. The lowest BCUT2D eigenvalue weighted by atomic mass is 10.1. The Kier molecular flexibility index (Phi) is 7.10. The summed E-state index contributed by atoms with van der Waals surface area (Å²) in [5.74, 6) is -1.10. The van der Waals surface area contributed by atoms with Gasteiger partial charge in [-0.1, -0.05) is 11.2 Å². The first kappa shape index (κ1) is 17.4. The molecular formula is C13H17BrFN3O3. The van der Waals surface area contributed by atoms with E-state index in [0.29, 0.717) is 11.1 Å². The lowest BCUT2D eigenvalue weighted by Crippen LogP contribution is -2.37. The van der Waals surface area contributed by atoms with Gasteiger partial charge >= 0.3 is 0 Å². The topological polar surface area (TPSA) is 88.2 Å². The molecule has 0 aromatic heterocycles. The fraction of sp³-hybridized carbons (Fsp3) is 0.385.